The number of aromatic nitrogens is 5. The molecule has 0 spiro atoms. The molecule has 0 atom stereocenters. The van der Waals surface area contributed by atoms with E-state index in [1.54, 1.807) is 0 Å². The first-order valence-electron chi connectivity index (χ1n) is 6.90. The zero-order chi connectivity index (χ0) is 17.4. The van der Waals surface area contributed by atoms with Crippen molar-refractivity contribution in [2.75, 3.05) is 0 Å². The van der Waals surface area contributed by atoms with Crippen LogP contribution >= 0.6 is 0 Å². The van der Waals surface area contributed by atoms with E-state index in [1.165, 1.54) is 29.1 Å². The molecular weight excluding hydrogens is 343 g/mol. The van der Waals surface area contributed by atoms with Crippen LogP contribution in [-0.4, -0.2) is 31.3 Å². The number of hydrogen-bond donors (Lipinski definition) is 0. The van der Waals surface area contributed by atoms with Crippen LogP contribution in [0.4, 0.5) is 13.2 Å². The summed E-state index contributed by atoms with van der Waals surface area (Å²) in [6, 6.07) is 4.20. The summed E-state index contributed by atoms with van der Waals surface area (Å²) in [4.78, 5) is 7.29. The molecule has 0 N–H and O–H groups in total. The lowest BCUT2D eigenvalue weighted by atomic mass is 10.3. The van der Waals surface area contributed by atoms with E-state index >= 15 is 0 Å². The van der Waals surface area contributed by atoms with E-state index in [9.17, 15) is 13.2 Å². The molecule has 0 bridgehead atoms. The Morgan fingerprint density at radius 3 is 2.68 bits per heavy atom. The number of nitrogens with zero attached hydrogens (tertiary/aromatic N) is 5. The highest BCUT2D eigenvalue weighted by molar-refractivity contribution is 5.50. The minimum atomic E-state index is -3.68. The highest BCUT2D eigenvalue weighted by Crippen LogP contribution is 2.41. The number of alkyl halides is 2. The Labute approximate surface area is 137 Å². The van der Waals surface area contributed by atoms with E-state index < -0.39 is 12.1 Å². The summed E-state index contributed by atoms with van der Waals surface area (Å²) in [6.45, 7) is -0.00570. The molecule has 3 aromatic rings. The van der Waals surface area contributed by atoms with Crippen molar-refractivity contribution in [3.63, 3.8) is 0 Å². The lowest BCUT2D eigenvalue weighted by Gasteiger charge is -2.04. The van der Waals surface area contributed by atoms with E-state index in [1.807, 2.05) is 0 Å². The van der Waals surface area contributed by atoms with E-state index in [2.05, 4.69) is 29.8 Å². The zero-order valence-corrected chi connectivity index (χ0v) is 12.3. The minimum Gasteiger partial charge on any atom is -0.457 e. The predicted octanol–water partition coefficient (Wildman–Crippen LogP) is 2.10. The molecule has 8 nitrogen and oxygen atoms in total. The molecule has 0 saturated carbocycles. The maximum atomic E-state index is 13.0. The van der Waals surface area contributed by atoms with Crippen molar-refractivity contribution in [3.8, 4) is 23.2 Å². The summed E-state index contributed by atoms with van der Waals surface area (Å²) in [7, 11) is 0. The standard InChI is InChI=1S/C14H8F3N5O3/c15-8-4-18-13(19-5-8)23-7-9-6-22(21-20-9)10-1-2-11-12(3-10)25-14(16,17)24-11/h1-6H,7H2. The maximum absolute atomic E-state index is 13.0. The number of rotatable bonds is 4. The lowest BCUT2D eigenvalue weighted by molar-refractivity contribution is -0.286. The molecule has 0 radical (unpaired) electrons. The first-order chi connectivity index (χ1) is 12.0. The number of benzene rings is 1. The van der Waals surface area contributed by atoms with Crippen molar-refractivity contribution in [2.45, 2.75) is 12.9 Å². The molecule has 0 saturated heterocycles. The molecular formula is C14H8F3N5O3. The van der Waals surface area contributed by atoms with Crippen LogP contribution in [0.5, 0.6) is 17.5 Å². The van der Waals surface area contributed by atoms with Gasteiger partial charge in [-0.1, -0.05) is 5.21 Å². The molecule has 25 heavy (non-hydrogen) atoms. The Bertz CT molecular complexity index is 916. The van der Waals surface area contributed by atoms with Crippen molar-refractivity contribution in [3.05, 3.63) is 48.3 Å². The van der Waals surface area contributed by atoms with Crippen molar-refractivity contribution in [1.29, 1.82) is 0 Å². The first-order valence-corrected chi connectivity index (χ1v) is 6.90. The van der Waals surface area contributed by atoms with Crippen LogP contribution in [-0.2, 0) is 6.61 Å². The van der Waals surface area contributed by atoms with Gasteiger partial charge in [0.1, 0.15) is 12.3 Å². The van der Waals surface area contributed by atoms with Crippen LogP contribution in [0.1, 0.15) is 5.69 Å². The quantitative estimate of drug-likeness (QED) is 0.712. The van der Waals surface area contributed by atoms with Crippen LogP contribution in [0, 0.1) is 5.82 Å². The second-order valence-electron chi connectivity index (χ2n) is 4.93. The van der Waals surface area contributed by atoms with Crippen LogP contribution in [0.25, 0.3) is 5.69 Å². The Morgan fingerprint density at radius 1 is 1.12 bits per heavy atom. The third-order valence-corrected chi connectivity index (χ3v) is 3.14. The van der Waals surface area contributed by atoms with E-state index in [0.29, 0.717) is 11.4 Å². The fraction of sp³-hybridized carbons (Fsp3) is 0.143. The summed E-state index contributed by atoms with van der Waals surface area (Å²) in [6.07, 6.45) is -0.208. The van der Waals surface area contributed by atoms with Gasteiger partial charge in [-0.2, -0.15) is 0 Å². The van der Waals surface area contributed by atoms with Gasteiger partial charge >= 0.3 is 12.3 Å². The number of hydrogen-bond acceptors (Lipinski definition) is 7. The third kappa shape index (κ3) is 3.16. The topological polar surface area (TPSA) is 84.2 Å². The van der Waals surface area contributed by atoms with E-state index in [0.717, 1.165) is 12.4 Å². The van der Waals surface area contributed by atoms with Crippen molar-refractivity contribution >= 4 is 0 Å². The lowest BCUT2D eigenvalue weighted by Crippen LogP contribution is -2.25. The number of fused-ring (bicyclic) bond motifs is 1. The second-order valence-corrected chi connectivity index (χ2v) is 4.93. The van der Waals surface area contributed by atoms with Gasteiger partial charge in [-0.05, 0) is 12.1 Å². The smallest absolute Gasteiger partial charge is 0.457 e. The molecule has 4 rings (SSSR count). The van der Waals surface area contributed by atoms with Gasteiger partial charge in [0, 0.05) is 6.07 Å². The van der Waals surface area contributed by atoms with Gasteiger partial charge in [0.25, 0.3) is 0 Å². The normalized spacial score (nSPS) is 14.5. The van der Waals surface area contributed by atoms with E-state index in [-0.39, 0.29) is 24.1 Å². The Balaban J connectivity index is 1.47. The molecule has 3 heterocycles. The second kappa shape index (κ2) is 5.61. The third-order valence-electron chi connectivity index (χ3n) is 3.14. The summed E-state index contributed by atoms with van der Waals surface area (Å²) >= 11 is 0. The van der Waals surface area contributed by atoms with Crippen molar-refractivity contribution in [1.82, 2.24) is 25.0 Å². The Morgan fingerprint density at radius 2 is 1.88 bits per heavy atom. The fourth-order valence-corrected chi connectivity index (χ4v) is 2.08. The summed E-state index contributed by atoms with van der Waals surface area (Å²) in [5.41, 5.74) is 0.868. The number of halogens is 3. The summed E-state index contributed by atoms with van der Waals surface area (Å²) < 4.78 is 54.1. The van der Waals surface area contributed by atoms with Gasteiger partial charge in [0.2, 0.25) is 0 Å². The SMILES string of the molecule is Fc1cnc(OCc2cn(-c3ccc4c(c3)OC(F)(F)O4)nn2)nc1. The molecule has 11 heteroatoms. The molecule has 0 amide bonds. The maximum Gasteiger partial charge on any atom is 0.586 e. The average Bonchev–Trinajstić information content (AvgIpc) is 3.16. The van der Waals surface area contributed by atoms with Crippen LogP contribution < -0.4 is 14.2 Å². The van der Waals surface area contributed by atoms with Crippen LogP contribution in [0.3, 0.4) is 0 Å². The highest BCUT2D eigenvalue weighted by Gasteiger charge is 2.43. The molecule has 1 aromatic carbocycles. The molecule has 0 aliphatic carbocycles. The van der Waals surface area contributed by atoms with Gasteiger partial charge in [0.05, 0.1) is 24.3 Å². The molecule has 0 fully saturated rings. The monoisotopic (exact) mass is 351 g/mol. The van der Waals surface area contributed by atoms with Crippen molar-refractivity contribution < 1.29 is 27.4 Å². The summed E-state index contributed by atoms with van der Waals surface area (Å²) in [5, 5.41) is 7.76. The Kier molecular flexibility index (Phi) is 3.41. The van der Waals surface area contributed by atoms with Gasteiger partial charge in [-0.25, -0.2) is 19.0 Å². The van der Waals surface area contributed by atoms with E-state index in [4.69, 9.17) is 4.74 Å². The Hall–Kier alpha value is -3.37. The van der Waals surface area contributed by atoms with Gasteiger partial charge < -0.3 is 14.2 Å². The van der Waals surface area contributed by atoms with Crippen LogP contribution in [0.2, 0.25) is 0 Å². The van der Waals surface area contributed by atoms with Crippen molar-refractivity contribution in [2.24, 2.45) is 0 Å². The van der Waals surface area contributed by atoms with Gasteiger partial charge in [0.15, 0.2) is 17.3 Å². The summed E-state index contributed by atoms with van der Waals surface area (Å²) in [5.74, 6) is -0.743. The van der Waals surface area contributed by atoms with Crippen LogP contribution in [0.15, 0.2) is 36.8 Å². The average molecular weight is 351 g/mol. The molecule has 2 aromatic heterocycles. The molecule has 1 aliphatic rings. The molecule has 0 unspecified atom stereocenters. The molecule has 128 valence electrons. The highest BCUT2D eigenvalue weighted by atomic mass is 19.3. The predicted molar refractivity (Wildman–Crippen MR) is 73.9 cm³/mol. The molecule has 1 aliphatic heterocycles. The zero-order valence-electron chi connectivity index (χ0n) is 12.3. The largest absolute Gasteiger partial charge is 0.586 e. The van der Waals surface area contributed by atoms with Gasteiger partial charge in [-0.3, -0.25) is 0 Å². The fourth-order valence-electron chi connectivity index (χ4n) is 2.08. The van der Waals surface area contributed by atoms with Gasteiger partial charge in [-0.15, -0.1) is 13.9 Å². The minimum absolute atomic E-state index is 0.00570. The first kappa shape index (κ1) is 15.2. The number of ether oxygens (including phenoxy) is 3.